The number of nitrogens with one attached hydrogen (secondary N) is 2. The lowest BCUT2D eigenvalue weighted by atomic mass is 10.0. The molecule has 134 valence electrons. The van der Waals surface area contributed by atoms with Crippen molar-refractivity contribution in [2.45, 2.75) is 19.8 Å². The normalized spacial score (nSPS) is 11.6. The molecular formula is C18H23N3O3S. The van der Waals surface area contributed by atoms with Gasteiger partial charge in [0.15, 0.2) is 0 Å². The summed E-state index contributed by atoms with van der Waals surface area (Å²) < 4.78 is 27.0. The average Bonchev–Trinajstić information content (AvgIpc) is 2.55. The van der Waals surface area contributed by atoms with Crippen molar-refractivity contribution in [1.29, 1.82) is 0 Å². The maximum atomic E-state index is 12.3. The first-order chi connectivity index (χ1) is 11.7. The lowest BCUT2D eigenvalue weighted by Gasteiger charge is -2.13. The fourth-order valence-electron chi connectivity index (χ4n) is 2.08. The van der Waals surface area contributed by atoms with Crippen LogP contribution in [0.25, 0.3) is 0 Å². The van der Waals surface area contributed by atoms with Crippen LogP contribution in [0, 0.1) is 0 Å². The van der Waals surface area contributed by atoms with E-state index in [4.69, 9.17) is 0 Å². The molecule has 0 saturated carbocycles. The Morgan fingerprint density at radius 2 is 1.44 bits per heavy atom. The van der Waals surface area contributed by atoms with Crippen LogP contribution in [0.3, 0.4) is 0 Å². The lowest BCUT2D eigenvalue weighted by Crippen LogP contribution is -2.28. The highest BCUT2D eigenvalue weighted by atomic mass is 32.2. The zero-order chi connectivity index (χ0) is 18.6. The zero-order valence-corrected chi connectivity index (χ0v) is 15.6. The minimum absolute atomic E-state index is 0.251. The molecule has 7 heteroatoms. The molecule has 1 amide bonds. The summed E-state index contributed by atoms with van der Waals surface area (Å²) in [5.74, 6) is 0.183. The van der Waals surface area contributed by atoms with Gasteiger partial charge in [0.05, 0.1) is 0 Å². The molecule has 0 aliphatic rings. The minimum Gasteiger partial charge on any atom is -0.322 e. The highest BCUT2D eigenvalue weighted by Crippen LogP contribution is 2.18. The first kappa shape index (κ1) is 19.0. The highest BCUT2D eigenvalue weighted by molar-refractivity contribution is 7.90. The number of carbonyl (C=O) groups is 1. The summed E-state index contributed by atoms with van der Waals surface area (Å²) in [6, 6.07) is 14.0. The molecule has 0 saturated heterocycles. The highest BCUT2D eigenvalue weighted by Gasteiger charge is 2.13. The summed E-state index contributed by atoms with van der Waals surface area (Å²) >= 11 is 0. The minimum atomic E-state index is -3.56. The molecule has 0 fully saturated rings. The van der Waals surface area contributed by atoms with E-state index in [1.807, 2.05) is 24.3 Å². The average molecular weight is 361 g/mol. The predicted octanol–water partition coefficient (Wildman–Crippen LogP) is 3.28. The summed E-state index contributed by atoms with van der Waals surface area (Å²) in [5.41, 5.74) is 2.76. The van der Waals surface area contributed by atoms with Crippen molar-refractivity contribution in [3.63, 3.8) is 0 Å². The summed E-state index contributed by atoms with van der Waals surface area (Å²) in [6.07, 6.45) is 0. The van der Waals surface area contributed by atoms with E-state index >= 15 is 0 Å². The zero-order valence-electron chi connectivity index (χ0n) is 14.8. The first-order valence-electron chi connectivity index (χ1n) is 7.90. The molecule has 0 radical (unpaired) electrons. The molecule has 0 spiro atoms. The van der Waals surface area contributed by atoms with Gasteiger partial charge in [-0.15, -0.1) is 0 Å². The van der Waals surface area contributed by atoms with Crippen LogP contribution in [-0.4, -0.2) is 32.7 Å². The molecule has 0 unspecified atom stereocenters. The number of nitrogens with zero attached hydrogens (tertiary/aromatic N) is 1. The Morgan fingerprint density at radius 3 is 1.92 bits per heavy atom. The third kappa shape index (κ3) is 5.04. The maximum Gasteiger partial charge on any atom is 0.301 e. The smallest absolute Gasteiger partial charge is 0.301 e. The Balaban J connectivity index is 2.05. The second-order valence-electron chi connectivity index (χ2n) is 6.20. The van der Waals surface area contributed by atoms with E-state index in [2.05, 4.69) is 23.9 Å². The second-order valence-corrected chi connectivity index (χ2v) is 8.08. The van der Waals surface area contributed by atoms with Crippen LogP contribution in [0.1, 0.15) is 35.7 Å². The molecule has 2 N–H and O–H groups in total. The van der Waals surface area contributed by atoms with Gasteiger partial charge in [-0.1, -0.05) is 26.0 Å². The van der Waals surface area contributed by atoms with E-state index in [-0.39, 0.29) is 5.91 Å². The Morgan fingerprint density at radius 1 is 0.920 bits per heavy atom. The van der Waals surface area contributed by atoms with Crippen LogP contribution in [0.5, 0.6) is 0 Å². The van der Waals surface area contributed by atoms with Crippen molar-refractivity contribution in [2.24, 2.45) is 0 Å². The van der Waals surface area contributed by atoms with Gasteiger partial charge in [0, 0.05) is 31.0 Å². The van der Waals surface area contributed by atoms with Crippen LogP contribution >= 0.6 is 0 Å². The number of carbonyl (C=O) groups excluding carboxylic acids is 1. The van der Waals surface area contributed by atoms with Gasteiger partial charge in [0.1, 0.15) is 0 Å². The van der Waals surface area contributed by atoms with Gasteiger partial charge in [-0.05, 0) is 47.9 Å². The number of hydrogen-bond acceptors (Lipinski definition) is 3. The van der Waals surface area contributed by atoms with Gasteiger partial charge in [-0.25, -0.2) is 0 Å². The Labute approximate surface area is 149 Å². The summed E-state index contributed by atoms with van der Waals surface area (Å²) in [6.45, 7) is 4.22. The molecule has 0 aromatic heterocycles. The number of amides is 1. The van der Waals surface area contributed by atoms with E-state index in [0.29, 0.717) is 22.9 Å². The predicted molar refractivity (Wildman–Crippen MR) is 101 cm³/mol. The van der Waals surface area contributed by atoms with Crippen molar-refractivity contribution in [3.05, 3.63) is 59.7 Å². The van der Waals surface area contributed by atoms with Crippen molar-refractivity contribution in [1.82, 2.24) is 4.31 Å². The SMILES string of the molecule is CC(C)c1ccc(NC(=O)c2ccc(NS(=O)(=O)N(C)C)cc2)cc1. The van der Waals surface area contributed by atoms with Gasteiger partial charge >= 0.3 is 10.2 Å². The largest absolute Gasteiger partial charge is 0.322 e. The first-order valence-corrected chi connectivity index (χ1v) is 9.34. The van der Waals surface area contributed by atoms with Crippen LogP contribution in [0.4, 0.5) is 11.4 Å². The molecule has 0 atom stereocenters. The Hall–Kier alpha value is -2.38. The van der Waals surface area contributed by atoms with Gasteiger partial charge in [-0.2, -0.15) is 12.7 Å². The molecule has 2 aromatic carbocycles. The second kappa shape index (κ2) is 7.67. The number of rotatable bonds is 6. The molecule has 25 heavy (non-hydrogen) atoms. The van der Waals surface area contributed by atoms with E-state index in [1.54, 1.807) is 24.3 Å². The topological polar surface area (TPSA) is 78.5 Å². The van der Waals surface area contributed by atoms with Gasteiger partial charge in [-0.3, -0.25) is 9.52 Å². The molecule has 2 aromatic rings. The van der Waals surface area contributed by atoms with E-state index in [1.165, 1.54) is 19.7 Å². The molecule has 0 aliphatic carbocycles. The Bertz CT molecular complexity index is 827. The van der Waals surface area contributed by atoms with E-state index in [9.17, 15) is 13.2 Å². The van der Waals surface area contributed by atoms with Gasteiger partial charge < -0.3 is 5.32 Å². The van der Waals surface area contributed by atoms with E-state index < -0.39 is 10.2 Å². The van der Waals surface area contributed by atoms with E-state index in [0.717, 1.165) is 4.31 Å². The molecule has 2 rings (SSSR count). The molecule has 0 bridgehead atoms. The van der Waals surface area contributed by atoms with Crippen molar-refractivity contribution in [3.8, 4) is 0 Å². The molecule has 0 heterocycles. The van der Waals surface area contributed by atoms with Crippen LogP contribution in [0.2, 0.25) is 0 Å². The standard InChI is InChI=1S/C18H23N3O3S/c1-13(2)14-5-9-16(10-6-14)19-18(22)15-7-11-17(12-8-15)20-25(23,24)21(3)4/h5-13,20H,1-4H3,(H,19,22). The fraction of sp³-hybridized carbons (Fsp3) is 0.278. The third-order valence-electron chi connectivity index (χ3n) is 3.71. The van der Waals surface area contributed by atoms with Crippen LogP contribution in [0.15, 0.2) is 48.5 Å². The van der Waals surface area contributed by atoms with Crippen molar-refractivity contribution in [2.75, 3.05) is 24.1 Å². The summed E-state index contributed by atoms with van der Waals surface area (Å²) in [4.78, 5) is 12.3. The summed E-state index contributed by atoms with van der Waals surface area (Å²) in [7, 11) is -0.683. The van der Waals surface area contributed by atoms with Crippen LogP contribution in [-0.2, 0) is 10.2 Å². The summed E-state index contributed by atoms with van der Waals surface area (Å²) in [5, 5.41) is 2.82. The third-order valence-corrected chi connectivity index (χ3v) is 5.16. The molecular weight excluding hydrogens is 338 g/mol. The number of anilines is 2. The fourth-order valence-corrected chi connectivity index (χ4v) is 2.70. The number of hydrogen-bond donors (Lipinski definition) is 2. The molecule has 0 aliphatic heterocycles. The van der Waals surface area contributed by atoms with Gasteiger partial charge in [0.2, 0.25) is 0 Å². The van der Waals surface area contributed by atoms with Crippen molar-refractivity contribution < 1.29 is 13.2 Å². The maximum absolute atomic E-state index is 12.3. The monoisotopic (exact) mass is 361 g/mol. The Kier molecular flexibility index (Phi) is 5.81. The quantitative estimate of drug-likeness (QED) is 0.829. The number of benzene rings is 2. The van der Waals surface area contributed by atoms with Crippen molar-refractivity contribution >= 4 is 27.5 Å². The van der Waals surface area contributed by atoms with Crippen LogP contribution < -0.4 is 10.0 Å². The van der Waals surface area contributed by atoms with Gasteiger partial charge in [0.25, 0.3) is 5.91 Å². The molecule has 6 nitrogen and oxygen atoms in total. The lowest BCUT2D eigenvalue weighted by molar-refractivity contribution is 0.102.